The maximum Gasteiger partial charge on any atom is 0.286 e. The van der Waals surface area contributed by atoms with E-state index in [1.165, 1.54) is 23.0 Å². The Bertz CT molecular complexity index is 1590. The second-order valence-electron chi connectivity index (χ2n) is 7.39. The molecule has 0 atom stereocenters. The van der Waals surface area contributed by atoms with Gasteiger partial charge in [-0.2, -0.15) is 0 Å². The van der Waals surface area contributed by atoms with E-state index in [1.807, 2.05) is 6.92 Å². The average molecular weight is 500 g/mol. The van der Waals surface area contributed by atoms with Crippen molar-refractivity contribution in [3.05, 3.63) is 104 Å². The van der Waals surface area contributed by atoms with Crippen LogP contribution in [-0.2, 0) is 0 Å². The van der Waals surface area contributed by atoms with Gasteiger partial charge in [0, 0.05) is 15.6 Å². The molecule has 5 rings (SSSR count). The number of nitrogens with zero attached hydrogens (tertiary/aromatic N) is 4. The van der Waals surface area contributed by atoms with E-state index >= 15 is 0 Å². The Labute approximate surface area is 202 Å². The van der Waals surface area contributed by atoms with E-state index in [2.05, 4.69) is 4.98 Å². The number of imidazole rings is 1. The van der Waals surface area contributed by atoms with Gasteiger partial charge in [-0.25, -0.2) is 14.4 Å². The van der Waals surface area contributed by atoms with Crippen molar-refractivity contribution in [2.45, 2.75) is 6.92 Å². The molecule has 0 amide bonds. The van der Waals surface area contributed by atoms with Gasteiger partial charge in [-0.1, -0.05) is 40.9 Å². The molecule has 0 aliphatic rings. The second kappa shape index (κ2) is 8.30. The summed E-state index contributed by atoms with van der Waals surface area (Å²) in [6.07, 6.45) is 1.46. The summed E-state index contributed by atoms with van der Waals surface area (Å²) >= 11 is 18.6. The number of rotatable bonds is 3. The Morgan fingerprint density at radius 3 is 2.36 bits per heavy atom. The fourth-order valence-corrected chi connectivity index (χ4v) is 4.27. The number of halogens is 4. The molecule has 0 fully saturated rings. The minimum atomic E-state index is -0.409. The van der Waals surface area contributed by atoms with Gasteiger partial charge < -0.3 is 0 Å². The molecule has 0 radical (unpaired) electrons. The zero-order chi connectivity index (χ0) is 23.3. The number of aromatic nitrogens is 4. The Morgan fingerprint density at radius 1 is 0.909 bits per heavy atom. The number of aryl methyl sites for hydroxylation is 1. The molecule has 0 aliphatic carbocycles. The van der Waals surface area contributed by atoms with Crippen molar-refractivity contribution < 1.29 is 4.39 Å². The molecule has 3 aromatic carbocycles. The third-order valence-electron chi connectivity index (χ3n) is 5.26. The van der Waals surface area contributed by atoms with E-state index < -0.39 is 11.4 Å². The van der Waals surface area contributed by atoms with E-state index in [9.17, 15) is 9.18 Å². The molecular weight excluding hydrogens is 486 g/mol. The highest BCUT2D eigenvalue weighted by Gasteiger charge is 2.21. The van der Waals surface area contributed by atoms with Crippen molar-refractivity contribution >= 4 is 46.0 Å². The van der Waals surface area contributed by atoms with Crippen molar-refractivity contribution in [1.29, 1.82) is 0 Å². The van der Waals surface area contributed by atoms with Crippen LogP contribution in [0.15, 0.2) is 71.8 Å². The zero-order valence-electron chi connectivity index (χ0n) is 17.1. The number of hydrogen-bond donors (Lipinski definition) is 0. The molecule has 5 nitrogen and oxygen atoms in total. The molecule has 2 heterocycles. The van der Waals surface area contributed by atoms with E-state index in [4.69, 9.17) is 39.8 Å². The molecular formula is C24H14Cl3FN4O. The first-order valence-corrected chi connectivity index (χ1v) is 10.9. The maximum absolute atomic E-state index is 14.0. The molecule has 0 N–H and O–H groups in total. The number of hydrogen-bond acceptors (Lipinski definition) is 3. The lowest BCUT2D eigenvalue weighted by atomic mass is 10.2. The van der Waals surface area contributed by atoms with Crippen LogP contribution in [0.3, 0.4) is 0 Å². The molecule has 9 heteroatoms. The molecule has 0 saturated carbocycles. The topological polar surface area (TPSA) is 52.7 Å². The zero-order valence-corrected chi connectivity index (χ0v) is 19.3. The van der Waals surface area contributed by atoms with Crippen molar-refractivity contribution in [2.24, 2.45) is 0 Å². The SMILES string of the molecule is Cc1ccc(F)cc1-n1cnc2c(=O)n(-c3ccc(Cl)cc3)c(-c3ccc(Cl)cc3Cl)nc21. The highest BCUT2D eigenvalue weighted by molar-refractivity contribution is 6.36. The first-order chi connectivity index (χ1) is 15.8. The van der Waals surface area contributed by atoms with Crippen LogP contribution in [0.1, 0.15) is 5.56 Å². The molecule has 0 bridgehead atoms. The first-order valence-electron chi connectivity index (χ1n) is 9.81. The second-order valence-corrected chi connectivity index (χ2v) is 8.67. The summed E-state index contributed by atoms with van der Waals surface area (Å²) in [5.74, 6) is -0.125. The van der Waals surface area contributed by atoms with Gasteiger partial charge in [0.05, 0.1) is 16.4 Å². The molecule has 0 spiro atoms. The standard InChI is InChI=1S/C24H14Cl3FN4O/c1-13-2-6-16(28)11-20(13)31-12-29-21-23(31)30-22(18-9-5-15(26)10-19(18)27)32(24(21)33)17-7-3-14(25)4-8-17/h2-12H,1H3. The average Bonchev–Trinajstić information content (AvgIpc) is 3.20. The van der Waals surface area contributed by atoms with Gasteiger partial charge in [0.25, 0.3) is 5.56 Å². The Hall–Kier alpha value is -3.19. The van der Waals surface area contributed by atoms with Crippen LogP contribution >= 0.6 is 34.8 Å². The smallest absolute Gasteiger partial charge is 0.283 e. The highest BCUT2D eigenvalue weighted by atomic mass is 35.5. The summed E-state index contributed by atoms with van der Waals surface area (Å²) in [5.41, 5.74) is 2.36. The van der Waals surface area contributed by atoms with Gasteiger partial charge in [0.1, 0.15) is 12.1 Å². The van der Waals surface area contributed by atoms with E-state index in [0.717, 1.165) is 5.56 Å². The van der Waals surface area contributed by atoms with Gasteiger partial charge in [0.2, 0.25) is 0 Å². The minimum absolute atomic E-state index is 0.127. The van der Waals surface area contributed by atoms with Gasteiger partial charge in [0.15, 0.2) is 17.0 Å². The van der Waals surface area contributed by atoms with Crippen LogP contribution in [0.4, 0.5) is 4.39 Å². The van der Waals surface area contributed by atoms with Gasteiger partial charge >= 0.3 is 0 Å². The summed E-state index contributed by atoms with van der Waals surface area (Å²) in [6.45, 7) is 1.84. The van der Waals surface area contributed by atoms with Gasteiger partial charge in [-0.05, 0) is 67.1 Å². The predicted octanol–water partition coefficient (Wildman–Crippen LogP) is 6.65. The van der Waals surface area contributed by atoms with Crippen molar-refractivity contribution in [2.75, 3.05) is 0 Å². The largest absolute Gasteiger partial charge is 0.286 e. The molecule has 0 unspecified atom stereocenters. The summed E-state index contributed by atoms with van der Waals surface area (Å²) in [7, 11) is 0. The molecule has 33 heavy (non-hydrogen) atoms. The summed E-state index contributed by atoms with van der Waals surface area (Å²) < 4.78 is 17.0. The molecule has 0 aliphatic heterocycles. The highest BCUT2D eigenvalue weighted by Crippen LogP contribution is 2.31. The summed E-state index contributed by atoms with van der Waals surface area (Å²) in [5, 5.41) is 1.30. The quantitative estimate of drug-likeness (QED) is 0.279. The van der Waals surface area contributed by atoms with Gasteiger partial charge in [-0.15, -0.1) is 0 Å². The fraction of sp³-hybridized carbons (Fsp3) is 0.0417. The molecule has 5 aromatic rings. The molecule has 0 saturated heterocycles. The maximum atomic E-state index is 14.0. The third kappa shape index (κ3) is 3.80. The van der Waals surface area contributed by atoms with Crippen LogP contribution in [0.2, 0.25) is 15.1 Å². The van der Waals surface area contributed by atoms with Crippen molar-refractivity contribution in [1.82, 2.24) is 19.1 Å². The van der Waals surface area contributed by atoms with Crippen LogP contribution in [0, 0.1) is 12.7 Å². The van der Waals surface area contributed by atoms with Crippen LogP contribution in [0.25, 0.3) is 33.9 Å². The Morgan fingerprint density at radius 2 is 1.64 bits per heavy atom. The van der Waals surface area contributed by atoms with E-state index in [1.54, 1.807) is 53.1 Å². The minimum Gasteiger partial charge on any atom is -0.283 e. The number of benzene rings is 3. The molecule has 164 valence electrons. The number of fused-ring (bicyclic) bond motifs is 1. The Kier molecular flexibility index (Phi) is 5.44. The van der Waals surface area contributed by atoms with E-state index in [0.29, 0.717) is 32.0 Å². The monoisotopic (exact) mass is 498 g/mol. The summed E-state index contributed by atoms with van der Waals surface area (Å²) in [6, 6.07) is 16.1. The Balaban J connectivity index is 1.88. The predicted molar refractivity (Wildman–Crippen MR) is 130 cm³/mol. The van der Waals surface area contributed by atoms with Crippen molar-refractivity contribution in [3.63, 3.8) is 0 Å². The van der Waals surface area contributed by atoms with Crippen LogP contribution in [-0.4, -0.2) is 19.1 Å². The lowest BCUT2D eigenvalue weighted by molar-refractivity contribution is 0.626. The lowest BCUT2D eigenvalue weighted by Gasteiger charge is -2.15. The van der Waals surface area contributed by atoms with E-state index in [-0.39, 0.29) is 17.0 Å². The van der Waals surface area contributed by atoms with Crippen molar-refractivity contribution in [3.8, 4) is 22.8 Å². The molecule has 2 aromatic heterocycles. The van der Waals surface area contributed by atoms with Gasteiger partial charge in [-0.3, -0.25) is 13.9 Å². The van der Waals surface area contributed by atoms with Crippen LogP contribution in [0.5, 0.6) is 0 Å². The van der Waals surface area contributed by atoms with Crippen LogP contribution < -0.4 is 5.56 Å². The fourth-order valence-electron chi connectivity index (χ4n) is 3.65. The summed E-state index contributed by atoms with van der Waals surface area (Å²) in [4.78, 5) is 22.7. The lowest BCUT2D eigenvalue weighted by Crippen LogP contribution is -2.22. The normalized spacial score (nSPS) is 11.3. The third-order valence-corrected chi connectivity index (χ3v) is 6.06. The first kappa shape index (κ1) is 21.6.